The smallest absolute Gasteiger partial charge is 0.243 e. The Bertz CT molecular complexity index is 1340. The van der Waals surface area contributed by atoms with E-state index in [1.54, 1.807) is 6.08 Å². The molecule has 1 N–H and O–H groups in total. The summed E-state index contributed by atoms with van der Waals surface area (Å²) in [5.41, 5.74) is 10.1. The first kappa shape index (κ1) is 25.4. The van der Waals surface area contributed by atoms with E-state index in [0.29, 0.717) is 6.54 Å². The molecule has 0 saturated carbocycles. The molecule has 4 nitrogen and oxygen atoms in total. The molecule has 0 aliphatic rings. The molecule has 4 heteroatoms. The highest BCUT2D eigenvalue weighted by Gasteiger charge is 2.15. The number of nitrogens with zero attached hydrogens (tertiary/aromatic N) is 2. The standard InChI is InChI=1S/C32H37N3O/c1-23-21-24(2)26(4)28(25(23)3)22-35-30-16-11-10-15-29(30)34-31(35)17-9-6-12-20-33-32(36)19-18-27-13-7-5-8-14-27/h5,7-8,10-11,13-16,18-19,21H,6,9,12,17,20,22H2,1-4H3,(H,33,36)/b19-18+. The molecule has 36 heavy (non-hydrogen) atoms. The Morgan fingerprint density at radius 1 is 0.889 bits per heavy atom. The lowest BCUT2D eigenvalue weighted by Gasteiger charge is -2.18. The number of rotatable bonds is 10. The second-order valence-electron chi connectivity index (χ2n) is 9.69. The molecule has 1 aromatic heterocycles. The van der Waals surface area contributed by atoms with Crippen LogP contribution in [0.25, 0.3) is 17.1 Å². The van der Waals surface area contributed by atoms with Crippen LogP contribution >= 0.6 is 0 Å². The van der Waals surface area contributed by atoms with Crippen molar-refractivity contribution in [2.75, 3.05) is 6.54 Å². The summed E-state index contributed by atoms with van der Waals surface area (Å²) in [4.78, 5) is 17.1. The molecule has 4 rings (SSSR count). The van der Waals surface area contributed by atoms with Gasteiger partial charge in [0.15, 0.2) is 0 Å². The van der Waals surface area contributed by atoms with Crippen LogP contribution in [-0.4, -0.2) is 22.0 Å². The predicted molar refractivity (Wildman–Crippen MR) is 150 cm³/mol. The largest absolute Gasteiger partial charge is 0.353 e. The Hall–Kier alpha value is -3.66. The Morgan fingerprint density at radius 3 is 2.33 bits per heavy atom. The van der Waals surface area contributed by atoms with Gasteiger partial charge in [-0.1, -0.05) is 55.0 Å². The molecule has 0 radical (unpaired) electrons. The Labute approximate surface area is 215 Å². The Morgan fingerprint density at radius 2 is 1.58 bits per heavy atom. The number of carbonyl (C=O) groups is 1. The SMILES string of the molecule is Cc1cc(C)c(C)c(Cn2c(CCCCCNC(=O)/C=C/c3ccccc3)nc3ccccc32)c1C. The molecule has 0 aliphatic carbocycles. The Balaban J connectivity index is 1.35. The first-order valence-corrected chi connectivity index (χ1v) is 13.0. The van der Waals surface area contributed by atoms with Crippen molar-refractivity contribution >= 4 is 23.0 Å². The predicted octanol–water partition coefficient (Wildman–Crippen LogP) is 6.86. The normalized spacial score (nSPS) is 11.4. The van der Waals surface area contributed by atoms with E-state index >= 15 is 0 Å². The minimum atomic E-state index is -0.0418. The summed E-state index contributed by atoms with van der Waals surface area (Å²) in [6.07, 6.45) is 7.44. The van der Waals surface area contributed by atoms with Crippen LogP contribution in [0.5, 0.6) is 0 Å². The minimum Gasteiger partial charge on any atom is -0.353 e. The van der Waals surface area contributed by atoms with Crippen molar-refractivity contribution in [1.82, 2.24) is 14.9 Å². The van der Waals surface area contributed by atoms with Gasteiger partial charge in [0.25, 0.3) is 0 Å². The number of hydrogen-bond donors (Lipinski definition) is 1. The molecule has 0 saturated heterocycles. The third kappa shape index (κ3) is 6.12. The second kappa shape index (κ2) is 11.9. The number of amides is 1. The molecule has 0 bridgehead atoms. The van der Waals surface area contributed by atoms with Crippen LogP contribution in [0.15, 0.2) is 66.7 Å². The number of unbranched alkanes of at least 4 members (excludes halogenated alkanes) is 2. The van der Waals surface area contributed by atoms with Crippen LogP contribution in [0, 0.1) is 27.7 Å². The van der Waals surface area contributed by atoms with Crippen LogP contribution in [0.1, 0.15) is 58.5 Å². The fraction of sp³-hybridized carbons (Fsp3) is 0.312. The molecule has 1 heterocycles. The zero-order valence-corrected chi connectivity index (χ0v) is 22.0. The van der Waals surface area contributed by atoms with E-state index in [1.165, 1.54) is 33.3 Å². The monoisotopic (exact) mass is 479 g/mol. The number of imidazole rings is 1. The molecule has 4 aromatic rings. The van der Waals surface area contributed by atoms with E-state index in [9.17, 15) is 4.79 Å². The third-order valence-corrected chi connectivity index (χ3v) is 7.17. The van der Waals surface area contributed by atoms with Crippen LogP contribution in [-0.2, 0) is 17.8 Å². The average Bonchev–Trinajstić information content (AvgIpc) is 3.23. The lowest BCUT2D eigenvalue weighted by atomic mass is 9.94. The van der Waals surface area contributed by atoms with Gasteiger partial charge in [0.2, 0.25) is 5.91 Å². The van der Waals surface area contributed by atoms with Crippen molar-refractivity contribution in [1.29, 1.82) is 0 Å². The maximum absolute atomic E-state index is 12.1. The molecule has 1 amide bonds. The number of para-hydroxylation sites is 2. The van der Waals surface area contributed by atoms with E-state index in [4.69, 9.17) is 4.98 Å². The van der Waals surface area contributed by atoms with E-state index < -0.39 is 0 Å². The number of fused-ring (bicyclic) bond motifs is 1. The highest BCUT2D eigenvalue weighted by Crippen LogP contribution is 2.26. The van der Waals surface area contributed by atoms with Crippen molar-refractivity contribution in [3.8, 4) is 0 Å². The van der Waals surface area contributed by atoms with Gasteiger partial charge in [0.05, 0.1) is 11.0 Å². The number of hydrogen-bond acceptors (Lipinski definition) is 2. The van der Waals surface area contributed by atoms with Crippen LogP contribution < -0.4 is 5.32 Å². The number of aromatic nitrogens is 2. The van der Waals surface area contributed by atoms with Gasteiger partial charge in [-0.15, -0.1) is 0 Å². The summed E-state index contributed by atoms with van der Waals surface area (Å²) in [6.45, 7) is 10.4. The molecule has 0 aliphatic heterocycles. The van der Waals surface area contributed by atoms with E-state index in [-0.39, 0.29) is 5.91 Å². The summed E-state index contributed by atoms with van der Waals surface area (Å²) in [6, 6.07) is 20.6. The van der Waals surface area contributed by atoms with Crippen LogP contribution in [0.4, 0.5) is 0 Å². The van der Waals surface area contributed by atoms with Crippen molar-refractivity contribution in [3.05, 3.63) is 106 Å². The van der Waals surface area contributed by atoms with Crippen molar-refractivity contribution < 1.29 is 4.79 Å². The molecule has 0 atom stereocenters. The quantitative estimate of drug-likeness (QED) is 0.199. The topological polar surface area (TPSA) is 46.9 Å². The lowest BCUT2D eigenvalue weighted by Crippen LogP contribution is -2.22. The van der Waals surface area contributed by atoms with E-state index in [1.807, 2.05) is 36.4 Å². The third-order valence-electron chi connectivity index (χ3n) is 7.17. The Kier molecular flexibility index (Phi) is 8.37. The summed E-state index contributed by atoms with van der Waals surface area (Å²) < 4.78 is 2.40. The highest BCUT2D eigenvalue weighted by atomic mass is 16.1. The van der Waals surface area contributed by atoms with Gasteiger partial charge < -0.3 is 9.88 Å². The van der Waals surface area contributed by atoms with Gasteiger partial charge in [-0.3, -0.25) is 4.79 Å². The highest BCUT2D eigenvalue weighted by molar-refractivity contribution is 5.91. The summed E-state index contributed by atoms with van der Waals surface area (Å²) >= 11 is 0. The fourth-order valence-electron chi connectivity index (χ4n) is 4.78. The number of benzene rings is 3. The molecule has 0 spiro atoms. The fourth-order valence-corrected chi connectivity index (χ4v) is 4.78. The van der Waals surface area contributed by atoms with E-state index in [0.717, 1.165) is 49.1 Å². The maximum Gasteiger partial charge on any atom is 0.243 e. The van der Waals surface area contributed by atoms with Crippen LogP contribution in [0.3, 0.4) is 0 Å². The van der Waals surface area contributed by atoms with Crippen molar-refractivity contribution in [3.63, 3.8) is 0 Å². The minimum absolute atomic E-state index is 0.0418. The summed E-state index contributed by atoms with van der Waals surface area (Å²) in [5, 5.41) is 2.99. The molecule has 186 valence electrons. The van der Waals surface area contributed by atoms with E-state index in [2.05, 4.69) is 67.9 Å². The molecule has 3 aromatic carbocycles. The zero-order valence-electron chi connectivity index (χ0n) is 22.0. The molecular formula is C32H37N3O. The van der Waals surface area contributed by atoms with Crippen molar-refractivity contribution in [2.24, 2.45) is 0 Å². The first-order valence-electron chi connectivity index (χ1n) is 13.0. The van der Waals surface area contributed by atoms with Gasteiger partial charge in [0, 0.05) is 25.6 Å². The number of nitrogens with one attached hydrogen (secondary N) is 1. The summed E-state index contributed by atoms with van der Waals surface area (Å²) in [7, 11) is 0. The number of aryl methyl sites for hydroxylation is 3. The van der Waals surface area contributed by atoms with Gasteiger partial charge >= 0.3 is 0 Å². The van der Waals surface area contributed by atoms with Crippen molar-refractivity contribution in [2.45, 2.75) is 59.9 Å². The van der Waals surface area contributed by atoms with Gasteiger partial charge in [-0.2, -0.15) is 0 Å². The zero-order chi connectivity index (χ0) is 25.5. The summed E-state index contributed by atoms with van der Waals surface area (Å²) in [5.74, 6) is 1.10. The van der Waals surface area contributed by atoms with Gasteiger partial charge in [-0.05, 0) is 92.1 Å². The molecular weight excluding hydrogens is 442 g/mol. The average molecular weight is 480 g/mol. The molecule has 0 fully saturated rings. The lowest BCUT2D eigenvalue weighted by molar-refractivity contribution is -0.116. The van der Waals surface area contributed by atoms with Crippen LogP contribution in [0.2, 0.25) is 0 Å². The number of carbonyl (C=O) groups excluding carboxylic acids is 1. The molecule has 0 unspecified atom stereocenters. The first-order chi connectivity index (χ1) is 17.4. The maximum atomic E-state index is 12.1. The van der Waals surface area contributed by atoms with Gasteiger partial charge in [0.1, 0.15) is 5.82 Å². The van der Waals surface area contributed by atoms with Gasteiger partial charge in [-0.25, -0.2) is 4.98 Å². The second-order valence-corrected chi connectivity index (χ2v) is 9.69.